The van der Waals surface area contributed by atoms with E-state index in [9.17, 15) is 87.9 Å². The highest BCUT2D eigenvalue weighted by Gasteiger charge is 2.54. The van der Waals surface area contributed by atoms with Crippen molar-refractivity contribution in [3.05, 3.63) is 89.0 Å². The number of rotatable bonds is 17. The molecule has 0 radical (unpaired) electrons. The van der Waals surface area contributed by atoms with Crippen LogP contribution in [0.15, 0.2) is 66.7 Å². The van der Waals surface area contributed by atoms with Crippen molar-refractivity contribution >= 4 is 100.0 Å². The topological polar surface area (TPSA) is 456 Å². The molecule has 578 valence electrons. The molecule has 32 nitrogen and oxygen atoms in total. The number of nitrogens with zero attached hydrogens (tertiary/aromatic N) is 5. The van der Waals surface area contributed by atoms with E-state index in [1.165, 1.54) is 62.6 Å². The van der Waals surface area contributed by atoms with Gasteiger partial charge in [0.25, 0.3) is 0 Å². The van der Waals surface area contributed by atoms with Gasteiger partial charge in [-0.2, -0.15) is 0 Å². The quantitative estimate of drug-likeness (QED) is 0.0400. The largest absolute Gasteiger partial charge is 0.508 e. The van der Waals surface area contributed by atoms with Gasteiger partial charge < -0.3 is 97.1 Å². The van der Waals surface area contributed by atoms with Gasteiger partial charge >= 0.3 is 17.9 Å². The van der Waals surface area contributed by atoms with Gasteiger partial charge in [-0.3, -0.25) is 57.5 Å². The Morgan fingerprint density at radius 3 is 1.89 bits per heavy atom. The monoisotopic (exact) mass is 1500 g/mol. The Morgan fingerprint density at radius 2 is 1.25 bits per heavy atom. The minimum atomic E-state index is -1.69. The van der Waals surface area contributed by atoms with Gasteiger partial charge in [0.15, 0.2) is 10.7 Å². The number of benzene rings is 3. The fourth-order valence-electron chi connectivity index (χ4n) is 14.6. The molecule has 1 spiro atoms. The van der Waals surface area contributed by atoms with Crippen LogP contribution in [0.4, 0.5) is 5.69 Å². The molecular formula is C74H96N12O20S. The lowest BCUT2D eigenvalue weighted by Gasteiger charge is -2.36. The number of aromatic hydroxyl groups is 2. The van der Waals surface area contributed by atoms with Gasteiger partial charge in [0.05, 0.1) is 24.8 Å². The van der Waals surface area contributed by atoms with Crippen LogP contribution in [0, 0.1) is 0 Å². The number of unbranched alkanes of at least 4 members (excludes halogenated alkanes) is 1. The van der Waals surface area contributed by atoms with Gasteiger partial charge in [-0.25, -0.2) is 4.79 Å². The van der Waals surface area contributed by atoms with Crippen LogP contribution in [-0.2, 0) is 67.9 Å². The molecule has 3 saturated heterocycles. The number of aliphatic hydroxyl groups excluding tert-OH is 1. The van der Waals surface area contributed by atoms with Gasteiger partial charge in [0, 0.05) is 93.0 Å². The number of fused-ring (bicyclic) bond motifs is 9. The summed E-state index contributed by atoms with van der Waals surface area (Å²) in [5, 5.41) is 67.4. The highest BCUT2D eigenvalue weighted by molar-refractivity contribution is 7.80. The number of aliphatic hydroxyl groups is 1. The van der Waals surface area contributed by atoms with Crippen molar-refractivity contribution in [2.75, 3.05) is 57.7 Å². The summed E-state index contributed by atoms with van der Waals surface area (Å²) < 4.78 is 12.3. The summed E-state index contributed by atoms with van der Waals surface area (Å²) in [4.78, 5) is 184. The summed E-state index contributed by atoms with van der Waals surface area (Å²) in [5.74, 6) is -10.2. The average Bonchev–Trinajstić information content (AvgIpc) is 1.59. The molecule has 0 saturated carbocycles. The number of thiocarbonyl (C=S) groups is 1. The van der Waals surface area contributed by atoms with E-state index in [4.69, 9.17) is 27.4 Å². The van der Waals surface area contributed by atoms with Crippen molar-refractivity contribution in [2.24, 2.45) is 5.73 Å². The van der Waals surface area contributed by atoms with E-state index in [1.54, 1.807) is 30.3 Å². The summed E-state index contributed by atoms with van der Waals surface area (Å²) in [6, 6.07) is 4.66. The third kappa shape index (κ3) is 20.4. The Kier molecular flexibility index (Phi) is 28.0. The van der Waals surface area contributed by atoms with Crippen LogP contribution in [0.25, 0.3) is 0 Å². The number of carboxylic acid groups (broad SMARTS) is 2. The van der Waals surface area contributed by atoms with Crippen molar-refractivity contribution in [3.8, 4) is 23.0 Å². The van der Waals surface area contributed by atoms with E-state index < -0.39 is 157 Å². The van der Waals surface area contributed by atoms with Crippen molar-refractivity contribution in [1.82, 2.24) is 51.1 Å². The van der Waals surface area contributed by atoms with Crippen molar-refractivity contribution in [2.45, 2.75) is 203 Å². The zero-order valence-electron chi connectivity index (χ0n) is 60.1. The fraction of sp³-hybridized carbons (Fsp3) is 0.541. The molecule has 0 bridgehead atoms. The Hall–Kier alpha value is -10.4. The molecule has 0 aliphatic carbocycles. The molecule has 6 aliphatic rings. The number of carbonyl (C=O) groups is 13. The highest BCUT2D eigenvalue weighted by Crippen LogP contribution is 2.57. The van der Waals surface area contributed by atoms with Gasteiger partial charge in [-0.1, -0.05) is 25.0 Å². The van der Waals surface area contributed by atoms with E-state index in [0.29, 0.717) is 93.1 Å². The number of carbonyl (C=O) groups excluding carboxylic acids is 11. The van der Waals surface area contributed by atoms with E-state index in [1.807, 2.05) is 12.2 Å². The molecule has 8 atom stereocenters. The summed E-state index contributed by atoms with van der Waals surface area (Å²) in [6.45, 7) is 2.30. The van der Waals surface area contributed by atoms with Crippen molar-refractivity contribution in [3.63, 3.8) is 0 Å². The number of phenols is 2. The first-order valence-electron chi connectivity index (χ1n) is 36.7. The lowest BCUT2D eigenvalue weighted by molar-refractivity contribution is -0.150. The molecule has 9 rings (SSSR count). The number of ether oxygens (including phenoxy) is 2. The van der Waals surface area contributed by atoms with Crippen LogP contribution in [-0.4, -0.2) is 233 Å². The molecule has 107 heavy (non-hydrogen) atoms. The number of carboxylic acids is 2. The molecule has 6 heterocycles. The van der Waals surface area contributed by atoms with E-state index in [-0.39, 0.29) is 111 Å². The van der Waals surface area contributed by atoms with Crippen molar-refractivity contribution < 1.29 is 97.3 Å². The first kappa shape index (κ1) is 80.7. The first-order valence-corrected chi connectivity index (χ1v) is 37.1. The number of phenolic OH excluding ortho intramolecular Hbond substituents is 2. The molecule has 3 aromatic rings. The number of nitrogens with one attached hydrogen (secondary N) is 6. The number of aliphatic carboxylic acids is 2. The van der Waals surface area contributed by atoms with Crippen LogP contribution in [0.5, 0.6) is 23.0 Å². The standard InChI is InChI=1S/C74H96N12O20S/c1-43-68(100)85-36-17-20-56(85)71(103)86-37-16-19-55(86)70(102)83(42-60(91)79-52(65(75)97)28-30-62(93)94)34-14-10-8-6-4-3-5-7-9-13-33-82(41-59(90)80-53(29-31-63(95)96)69(101)84-35-15-18-54(84)66(98)81-64(44(2)87)67(99)77-43)61(92)21-11-12-32-76-73(107)78-45-22-25-48-51(38-45)74(106-72(48)104)49-26-23-46(88)39-57(49)105-58-40-47(89)24-27-50(58)74/h3,5,22-27,38-40,43-44,52-56,64,87-89H,4,6-21,28-37,41-42H2,1-2H3,(H2,75,97)(H,77,99)(H,79,91)(H,80,90)(H,81,98)(H,93,94)(H,95,96)(H2,76,78,107)/t43-,44+,52-,53-,54-,55-,56-,64-/m0/s1. The van der Waals surface area contributed by atoms with E-state index in [0.717, 1.165) is 12.8 Å². The third-order valence-corrected chi connectivity index (χ3v) is 20.4. The molecular weight excluding hydrogens is 1410 g/mol. The lowest BCUT2D eigenvalue weighted by atomic mass is 9.77. The number of esters is 1. The number of primary amides is 1. The molecule has 10 amide bonds. The molecule has 13 N–H and O–H groups in total. The Balaban J connectivity index is 0.872. The molecule has 3 fully saturated rings. The maximum Gasteiger partial charge on any atom is 0.340 e. The molecule has 6 aliphatic heterocycles. The smallest absolute Gasteiger partial charge is 0.340 e. The van der Waals surface area contributed by atoms with Crippen LogP contribution in [0.2, 0.25) is 0 Å². The number of nitrogens with two attached hydrogens (primary N) is 1. The SMILES string of the molecule is C[C@@H]1NC(=O)[C@H]([C@@H](C)O)NC(=O)[C@@H]2CCCN2C(=O)[C@H](CCC(=O)O)NC(=O)CN(C(=O)CCCCNC(=S)Nc2ccc3c(c2)C2(OC3=O)c3ccc(O)cc3Oc3cc(O)ccc32)CCCCC=CCCCCCCN(CC(=O)N[C@@H](CCC(=O)O)C(N)=O)C(=O)[C@@H]2CCCN2C(=O)[C@@H]2CCCN2C1=O. The number of amides is 10. The summed E-state index contributed by atoms with van der Waals surface area (Å²) in [6.07, 6.45) is 8.02. The number of hydrogen-bond donors (Lipinski definition) is 12. The predicted molar refractivity (Wildman–Crippen MR) is 388 cm³/mol. The Morgan fingerprint density at radius 1 is 0.654 bits per heavy atom. The highest BCUT2D eigenvalue weighted by atomic mass is 32.1. The van der Waals surface area contributed by atoms with Crippen LogP contribution in [0.1, 0.15) is 176 Å². The molecule has 3 aromatic carbocycles. The normalized spacial score (nSPS) is 22.7. The zero-order chi connectivity index (χ0) is 77.2. The number of allylic oxidation sites excluding steroid dienone is 2. The minimum absolute atomic E-state index is 0.00995. The number of hydrogen-bond acceptors (Lipinski definition) is 19. The van der Waals surface area contributed by atoms with E-state index in [2.05, 4.69) is 31.9 Å². The van der Waals surface area contributed by atoms with Gasteiger partial charge in [-0.05, 0) is 171 Å². The second-order valence-corrected chi connectivity index (χ2v) is 28.3. The Labute approximate surface area is 623 Å². The van der Waals surface area contributed by atoms with Crippen LogP contribution >= 0.6 is 12.2 Å². The molecule has 33 heteroatoms. The Bertz CT molecular complexity index is 3860. The van der Waals surface area contributed by atoms with Crippen molar-refractivity contribution in [1.29, 1.82) is 0 Å². The van der Waals surface area contributed by atoms with Crippen LogP contribution < -0.4 is 42.4 Å². The van der Waals surface area contributed by atoms with Gasteiger partial charge in [0.1, 0.15) is 65.3 Å². The summed E-state index contributed by atoms with van der Waals surface area (Å²) in [7, 11) is 0. The van der Waals surface area contributed by atoms with Gasteiger partial charge in [0.2, 0.25) is 59.1 Å². The second kappa shape index (κ2) is 37.2. The zero-order valence-corrected chi connectivity index (χ0v) is 60.9. The van der Waals surface area contributed by atoms with Gasteiger partial charge in [-0.15, -0.1) is 0 Å². The molecule has 0 unspecified atom stereocenters. The first-order chi connectivity index (χ1) is 51.1. The number of anilines is 1. The minimum Gasteiger partial charge on any atom is -0.508 e. The predicted octanol–water partition coefficient (Wildman–Crippen LogP) is 3.00. The maximum absolute atomic E-state index is 14.6. The maximum atomic E-state index is 14.6. The average molecular weight is 1510 g/mol. The van der Waals surface area contributed by atoms with Crippen LogP contribution in [0.3, 0.4) is 0 Å². The third-order valence-electron chi connectivity index (χ3n) is 20.1. The second-order valence-electron chi connectivity index (χ2n) is 27.9. The van der Waals surface area contributed by atoms with E-state index >= 15 is 0 Å². The molecule has 0 aromatic heterocycles. The fourth-order valence-corrected chi connectivity index (χ4v) is 14.9. The summed E-state index contributed by atoms with van der Waals surface area (Å²) in [5.41, 5.74) is 6.08. The lowest BCUT2D eigenvalue weighted by Crippen LogP contribution is -2.61. The summed E-state index contributed by atoms with van der Waals surface area (Å²) >= 11 is 5.69.